The molecule has 0 aliphatic carbocycles. The molecule has 1 unspecified atom stereocenters. The summed E-state index contributed by atoms with van der Waals surface area (Å²) in [6.07, 6.45) is 3.30. The molecule has 1 aromatic heterocycles. The Kier molecular flexibility index (Phi) is 5.95. The fourth-order valence-corrected chi connectivity index (χ4v) is 5.30. The number of carbonyl (C=O) groups is 2. The number of thiophene rings is 1. The first-order valence-corrected chi connectivity index (χ1v) is 11.2. The largest absolute Gasteiger partial charge is 0.338 e. The second kappa shape index (κ2) is 8.44. The van der Waals surface area contributed by atoms with Crippen molar-refractivity contribution in [2.45, 2.75) is 44.7 Å². The maximum atomic E-state index is 12.8. The van der Waals surface area contributed by atoms with E-state index in [0.717, 1.165) is 37.9 Å². The fraction of sp³-hybridized carbons (Fsp3) is 0.429. The number of amides is 2. The monoisotopic (exact) mass is 436 g/mol. The van der Waals surface area contributed by atoms with Crippen molar-refractivity contribution < 1.29 is 9.59 Å². The maximum Gasteiger partial charge on any atom is 0.223 e. The van der Waals surface area contributed by atoms with Crippen LogP contribution in [0.3, 0.4) is 0 Å². The predicted octanol–water partition coefficient (Wildman–Crippen LogP) is 5.08. The number of fused-ring (bicyclic) bond motifs is 1. The summed E-state index contributed by atoms with van der Waals surface area (Å²) in [6, 6.07) is 7.66. The molecule has 28 heavy (non-hydrogen) atoms. The first-order chi connectivity index (χ1) is 13.5. The third-order valence-corrected chi connectivity index (χ3v) is 7.38. The SMILES string of the molecule is O=C(CCC(=O)N1CCCC1c1ccc(Cl)c(Cl)c1)N1CCc2sccc2C1. The van der Waals surface area contributed by atoms with E-state index in [2.05, 4.69) is 11.4 Å². The van der Waals surface area contributed by atoms with Gasteiger partial charge < -0.3 is 9.80 Å². The molecule has 2 amide bonds. The molecule has 2 aliphatic heterocycles. The number of nitrogens with zero attached hydrogens (tertiary/aromatic N) is 2. The van der Waals surface area contributed by atoms with Gasteiger partial charge in [0.2, 0.25) is 11.8 Å². The minimum absolute atomic E-state index is 0.0146. The van der Waals surface area contributed by atoms with Crippen molar-refractivity contribution in [2.75, 3.05) is 13.1 Å². The number of hydrogen-bond acceptors (Lipinski definition) is 3. The van der Waals surface area contributed by atoms with Gasteiger partial charge in [-0.1, -0.05) is 29.3 Å². The van der Waals surface area contributed by atoms with Crippen LogP contribution in [0.15, 0.2) is 29.6 Å². The van der Waals surface area contributed by atoms with Gasteiger partial charge in [-0.2, -0.15) is 0 Å². The first kappa shape index (κ1) is 19.7. The molecule has 0 N–H and O–H groups in total. The zero-order chi connectivity index (χ0) is 19.7. The zero-order valence-corrected chi connectivity index (χ0v) is 17.8. The van der Waals surface area contributed by atoms with Crippen LogP contribution in [0.1, 0.15) is 47.7 Å². The first-order valence-electron chi connectivity index (χ1n) is 9.60. The minimum Gasteiger partial charge on any atom is -0.338 e. The van der Waals surface area contributed by atoms with Gasteiger partial charge in [-0.15, -0.1) is 11.3 Å². The van der Waals surface area contributed by atoms with Crippen LogP contribution in [-0.2, 0) is 22.6 Å². The van der Waals surface area contributed by atoms with E-state index < -0.39 is 0 Å². The van der Waals surface area contributed by atoms with Crippen molar-refractivity contribution in [3.63, 3.8) is 0 Å². The second-order valence-electron chi connectivity index (χ2n) is 7.35. The summed E-state index contributed by atoms with van der Waals surface area (Å²) in [4.78, 5) is 30.6. The molecule has 148 valence electrons. The predicted molar refractivity (Wildman–Crippen MR) is 113 cm³/mol. The molecule has 1 atom stereocenters. The van der Waals surface area contributed by atoms with E-state index in [9.17, 15) is 9.59 Å². The second-order valence-corrected chi connectivity index (χ2v) is 9.17. The smallest absolute Gasteiger partial charge is 0.223 e. The highest BCUT2D eigenvalue weighted by atomic mass is 35.5. The van der Waals surface area contributed by atoms with E-state index in [1.807, 2.05) is 21.9 Å². The number of hydrogen-bond donors (Lipinski definition) is 0. The van der Waals surface area contributed by atoms with Crippen LogP contribution < -0.4 is 0 Å². The molecule has 7 heteroatoms. The third-order valence-electron chi connectivity index (χ3n) is 5.61. The van der Waals surface area contributed by atoms with Crippen LogP contribution in [0.5, 0.6) is 0 Å². The normalized spacial score (nSPS) is 19.0. The van der Waals surface area contributed by atoms with E-state index in [1.165, 1.54) is 10.4 Å². The van der Waals surface area contributed by atoms with Gasteiger partial charge in [-0.3, -0.25) is 9.59 Å². The molecule has 2 aliphatic rings. The summed E-state index contributed by atoms with van der Waals surface area (Å²) in [5, 5.41) is 3.10. The van der Waals surface area contributed by atoms with Crippen LogP contribution >= 0.6 is 34.5 Å². The van der Waals surface area contributed by atoms with Gasteiger partial charge in [-0.25, -0.2) is 0 Å². The Morgan fingerprint density at radius 3 is 2.71 bits per heavy atom. The lowest BCUT2D eigenvalue weighted by molar-refractivity contribution is -0.138. The molecule has 3 heterocycles. The van der Waals surface area contributed by atoms with Crippen LogP contribution in [0, 0.1) is 0 Å². The topological polar surface area (TPSA) is 40.6 Å². The van der Waals surface area contributed by atoms with Gasteiger partial charge in [0.25, 0.3) is 0 Å². The van der Waals surface area contributed by atoms with Gasteiger partial charge >= 0.3 is 0 Å². The van der Waals surface area contributed by atoms with Crippen molar-refractivity contribution in [3.8, 4) is 0 Å². The molecule has 1 saturated heterocycles. The molecule has 2 aromatic rings. The summed E-state index contributed by atoms with van der Waals surface area (Å²) in [6.45, 7) is 2.14. The molecule has 0 radical (unpaired) electrons. The van der Waals surface area contributed by atoms with Crippen molar-refractivity contribution in [1.82, 2.24) is 9.80 Å². The quantitative estimate of drug-likeness (QED) is 0.669. The number of benzene rings is 1. The summed E-state index contributed by atoms with van der Waals surface area (Å²) in [5.41, 5.74) is 2.25. The molecule has 0 bridgehead atoms. The van der Waals surface area contributed by atoms with Gasteiger partial charge in [0.15, 0.2) is 0 Å². The molecule has 0 spiro atoms. The third kappa shape index (κ3) is 4.07. The Hall–Kier alpha value is -1.56. The van der Waals surface area contributed by atoms with Crippen molar-refractivity contribution in [3.05, 3.63) is 55.7 Å². The Morgan fingerprint density at radius 2 is 1.89 bits per heavy atom. The number of likely N-dealkylation sites (tertiary alicyclic amines) is 1. The average molecular weight is 437 g/mol. The molecule has 1 aromatic carbocycles. The Morgan fingerprint density at radius 1 is 1.07 bits per heavy atom. The molecule has 4 rings (SSSR count). The summed E-state index contributed by atoms with van der Waals surface area (Å²) in [7, 11) is 0. The Bertz CT molecular complexity index is 898. The van der Waals surface area contributed by atoms with Gasteiger partial charge in [0.05, 0.1) is 16.1 Å². The molecular weight excluding hydrogens is 415 g/mol. The zero-order valence-electron chi connectivity index (χ0n) is 15.5. The number of rotatable bonds is 4. The van der Waals surface area contributed by atoms with Gasteiger partial charge in [-0.05, 0) is 54.0 Å². The average Bonchev–Trinajstić information content (AvgIpc) is 3.36. The van der Waals surface area contributed by atoms with Crippen molar-refractivity contribution in [1.29, 1.82) is 0 Å². The van der Waals surface area contributed by atoms with E-state index >= 15 is 0 Å². The maximum absolute atomic E-state index is 12.8. The highest BCUT2D eigenvalue weighted by molar-refractivity contribution is 7.10. The van der Waals surface area contributed by atoms with E-state index in [-0.39, 0.29) is 30.7 Å². The molecule has 4 nitrogen and oxygen atoms in total. The van der Waals surface area contributed by atoms with Crippen LogP contribution in [0.4, 0.5) is 0 Å². The lowest BCUT2D eigenvalue weighted by atomic mass is 10.0. The summed E-state index contributed by atoms with van der Waals surface area (Å²) in [5.74, 6) is 0.102. The molecular formula is C21H22Cl2N2O2S. The Labute approximate surface area is 179 Å². The highest BCUT2D eigenvalue weighted by Crippen LogP contribution is 2.35. The molecule has 1 fully saturated rings. The number of carbonyl (C=O) groups excluding carboxylic acids is 2. The Balaban J connectivity index is 1.35. The van der Waals surface area contributed by atoms with E-state index in [0.29, 0.717) is 16.6 Å². The van der Waals surface area contributed by atoms with Crippen LogP contribution in [-0.4, -0.2) is 34.7 Å². The summed E-state index contributed by atoms with van der Waals surface area (Å²) < 4.78 is 0. The number of halogens is 2. The van der Waals surface area contributed by atoms with Crippen molar-refractivity contribution in [2.24, 2.45) is 0 Å². The standard InChI is InChI=1S/C21H22Cl2N2O2S/c22-16-4-3-14(12-17(16)23)18-2-1-9-25(18)21(27)6-5-20(26)24-10-7-19-15(13-24)8-11-28-19/h3-4,8,11-12,18H,1-2,5-7,9-10,13H2. The highest BCUT2D eigenvalue weighted by Gasteiger charge is 2.31. The van der Waals surface area contributed by atoms with E-state index in [4.69, 9.17) is 23.2 Å². The van der Waals surface area contributed by atoms with E-state index in [1.54, 1.807) is 17.4 Å². The van der Waals surface area contributed by atoms with Crippen LogP contribution in [0.2, 0.25) is 10.0 Å². The lowest BCUT2D eigenvalue weighted by Crippen LogP contribution is -2.36. The van der Waals surface area contributed by atoms with Gasteiger partial charge in [0, 0.05) is 37.4 Å². The molecule has 0 saturated carbocycles. The lowest BCUT2D eigenvalue weighted by Gasteiger charge is -2.28. The van der Waals surface area contributed by atoms with Crippen molar-refractivity contribution >= 4 is 46.4 Å². The van der Waals surface area contributed by atoms with Crippen LogP contribution in [0.25, 0.3) is 0 Å². The fourth-order valence-electron chi connectivity index (χ4n) is 4.11. The minimum atomic E-state index is 0.0146. The van der Waals surface area contributed by atoms with Gasteiger partial charge in [0.1, 0.15) is 0 Å². The summed E-state index contributed by atoms with van der Waals surface area (Å²) >= 11 is 13.9.